The van der Waals surface area contributed by atoms with Crippen molar-refractivity contribution in [1.29, 1.82) is 0 Å². The van der Waals surface area contributed by atoms with Gasteiger partial charge in [-0.2, -0.15) is 0 Å². The molecule has 1 aromatic heterocycles. The van der Waals surface area contributed by atoms with Crippen molar-refractivity contribution in [3.63, 3.8) is 0 Å². The third-order valence-electron chi connectivity index (χ3n) is 3.27. The van der Waals surface area contributed by atoms with E-state index in [1.807, 2.05) is 11.8 Å². The molecule has 1 aliphatic rings. The van der Waals surface area contributed by atoms with Crippen LogP contribution in [0.15, 0.2) is 16.5 Å². The molecular formula is C13H20N2O3. The van der Waals surface area contributed by atoms with Gasteiger partial charge < -0.3 is 19.8 Å². The normalized spacial score (nSPS) is 24.3. The largest absolute Gasteiger partial charge is 0.455 e. The van der Waals surface area contributed by atoms with E-state index in [0.717, 1.165) is 6.42 Å². The summed E-state index contributed by atoms with van der Waals surface area (Å²) >= 11 is 0. The van der Waals surface area contributed by atoms with Gasteiger partial charge in [-0.1, -0.05) is 6.92 Å². The summed E-state index contributed by atoms with van der Waals surface area (Å²) < 4.78 is 11.0. The van der Waals surface area contributed by atoms with Crippen molar-refractivity contribution in [3.8, 4) is 0 Å². The molecule has 2 rings (SSSR count). The molecule has 0 spiro atoms. The molecule has 2 heterocycles. The highest BCUT2D eigenvalue weighted by molar-refractivity contribution is 5.91. The van der Waals surface area contributed by atoms with Gasteiger partial charge in [-0.05, 0) is 25.5 Å². The summed E-state index contributed by atoms with van der Waals surface area (Å²) in [5.74, 6) is 0.924. The van der Waals surface area contributed by atoms with Crippen molar-refractivity contribution in [3.05, 3.63) is 23.7 Å². The van der Waals surface area contributed by atoms with E-state index in [1.165, 1.54) is 0 Å². The van der Waals surface area contributed by atoms with Crippen molar-refractivity contribution in [2.75, 3.05) is 13.2 Å². The summed E-state index contributed by atoms with van der Waals surface area (Å²) in [6.07, 6.45) is 0.948. The average molecular weight is 252 g/mol. The molecule has 0 radical (unpaired) electrons. The number of ether oxygens (including phenoxy) is 1. The number of morpholine rings is 1. The Morgan fingerprint density at radius 1 is 1.56 bits per heavy atom. The lowest BCUT2D eigenvalue weighted by molar-refractivity contribution is -0.0453. The number of nitrogens with zero attached hydrogens (tertiary/aromatic N) is 1. The van der Waals surface area contributed by atoms with Gasteiger partial charge in [0.15, 0.2) is 5.76 Å². The molecule has 5 heteroatoms. The van der Waals surface area contributed by atoms with E-state index in [2.05, 4.69) is 6.92 Å². The molecule has 1 fully saturated rings. The first kappa shape index (κ1) is 13.1. The van der Waals surface area contributed by atoms with Crippen molar-refractivity contribution in [1.82, 2.24) is 4.90 Å². The molecule has 0 saturated carbocycles. The van der Waals surface area contributed by atoms with E-state index in [9.17, 15) is 4.79 Å². The first-order valence-corrected chi connectivity index (χ1v) is 6.37. The van der Waals surface area contributed by atoms with Crippen molar-refractivity contribution in [2.24, 2.45) is 5.73 Å². The molecule has 0 aliphatic carbocycles. The number of amides is 1. The van der Waals surface area contributed by atoms with E-state index in [1.54, 1.807) is 12.1 Å². The number of hydrogen-bond acceptors (Lipinski definition) is 4. The van der Waals surface area contributed by atoms with Gasteiger partial charge in [-0.3, -0.25) is 4.79 Å². The number of carbonyl (C=O) groups is 1. The monoisotopic (exact) mass is 252 g/mol. The van der Waals surface area contributed by atoms with Gasteiger partial charge in [0.1, 0.15) is 5.76 Å². The van der Waals surface area contributed by atoms with Crippen LogP contribution >= 0.6 is 0 Å². The zero-order chi connectivity index (χ0) is 13.1. The van der Waals surface area contributed by atoms with E-state index in [-0.39, 0.29) is 18.1 Å². The van der Waals surface area contributed by atoms with E-state index < -0.39 is 0 Å². The Labute approximate surface area is 107 Å². The Bertz CT molecular complexity index is 416. The zero-order valence-electron chi connectivity index (χ0n) is 10.9. The molecule has 100 valence electrons. The second-order valence-electron chi connectivity index (χ2n) is 4.63. The number of furan rings is 1. The molecule has 0 aromatic carbocycles. The van der Waals surface area contributed by atoms with Crippen LogP contribution in [-0.4, -0.2) is 36.1 Å². The summed E-state index contributed by atoms with van der Waals surface area (Å²) in [4.78, 5) is 14.2. The van der Waals surface area contributed by atoms with Crippen LogP contribution in [-0.2, 0) is 11.3 Å². The molecular weight excluding hydrogens is 232 g/mol. The molecule has 1 saturated heterocycles. The van der Waals surface area contributed by atoms with Crippen LogP contribution < -0.4 is 5.73 Å². The highest BCUT2D eigenvalue weighted by Crippen LogP contribution is 2.19. The topological polar surface area (TPSA) is 68.7 Å². The first-order chi connectivity index (χ1) is 8.65. The zero-order valence-corrected chi connectivity index (χ0v) is 10.9. The van der Waals surface area contributed by atoms with Crippen LogP contribution in [0.5, 0.6) is 0 Å². The molecule has 1 aliphatic heterocycles. The first-order valence-electron chi connectivity index (χ1n) is 6.37. The number of carbonyl (C=O) groups excluding carboxylic acids is 1. The van der Waals surface area contributed by atoms with Crippen LogP contribution in [0.4, 0.5) is 0 Å². The maximum atomic E-state index is 12.4. The van der Waals surface area contributed by atoms with E-state index in [0.29, 0.717) is 31.2 Å². The molecule has 2 unspecified atom stereocenters. The summed E-state index contributed by atoms with van der Waals surface area (Å²) in [6, 6.07) is 3.57. The number of nitrogens with two attached hydrogens (primary N) is 1. The van der Waals surface area contributed by atoms with Crippen molar-refractivity contribution >= 4 is 5.91 Å². The number of rotatable bonds is 3. The smallest absolute Gasteiger partial charge is 0.289 e. The fraction of sp³-hybridized carbons (Fsp3) is 0.615. The Kier molecular flexibility index (Phi) is 4.04. The fourth-order valence-electron chi connectivity index (χ4n) is 2.18. The molecule has 1 aromatic rings. The minimum absolute atomic E-state index is 0.0701. The van der Waals surface area contributed by atoms with Gasteiger partial charge in [0.25, 0.3) is 5.91 Å². The average Bonchev–Trinajstić information content (AvgIpc) is 2.86. The Hall–Kier alpha value is -1.33. The maximum Gasteiger partial charge on any atom is 0.289 e. The van der Waals surface area contributed by atoms with Crippen molar-refractivity contribution in [2.45, 2.75) is 39.0 Å². The lowest BCUT2D eigenvalue weighted by atomic mass is 10.1. The SMILES string of the molecule is CCC1COC(C)CN1C(=O)c1ccc(CN)o1. The number of hydrogen-bond donors (Lipinski definition) is 1. The summed E-state index contributed by atoms with van der Waals surface area (Å²) in [7, 11) is 0. The molecule has 18 heavy (non-hydrogen) atoms. The van der Waals surface area contributed by atoms with Crippen molar-refractivity contribution < 1.29 is 13.9 Å². The lowest BCUT2D eigenvalue weighted by Crippen LogP contribution is -2.51. The third-order valence-corrected chi connectivity index (χ3v) is 3.27. The van der Waals surface area contributed by atoms with Gasteiger partial charge >= 0.3 is 0 Å². The Morgan fingerprint density at radius 2 is 2.33 bits per heavy atom. The molecule has 1 amide bonds. The highest BCUT2D eigenvalue weighted by Gasteiger charge is 2.31. The standard InChI is InChI=1S/C13H20N2O3/c1-3-10-8-17-9(2)7-15(10)13(16)12-5-4-11(6-14)18-12/h4-5,9-10H,3,6-8,14H2,1-2H3. The lowest BCUT2D eigenvalue weighted by Gasteiger charge is -2.37. The van der Waals surface area contributed by atoms with Crippen LogP contribution in [0.25, 0.3) is 0 Å². The highest BCUT2D eigenvalue weighted by atomic mass is 16.5. The van der Waals surface area contributed by atoms with Crippen LogP contribution in [0.3, 0.4) is 0 Å². The second kappa shape index (κ2) is 5.54. The Morgan fingerprint density at radius 3 is 2.94 bits per heavy atom. The van der Waals surface area contributed by atoms with Gasteiger partial charge in [0, 0.05) is 6.54 Å². The predicted molar refractivity (Wildman–Crippen MR) is 67.1 cm³/mol. The summed E-state index contributed by atoms with van der Waals surface area (Å²) in [6.45, 7) is 5.53. The molecule has 0 bridgehead atoms. The van der Waals surface area contributed by atoms with Gasteiger partial charge in [-0.15, -0.1) is 0 Å². The summed E-state index contributed by atoms with van der Waals surface area (Å²) in [5, 5.41) is 0. The maximum absolute atomic E-state index is 12.4. The van der Waals surface area contributed by atoms with Crippen LogP contribution in [0, 0.1) is 0 Å². The van der Waals surface area contributed by atoms with Gasteiger partial charge in [-0.25, -0.2) is 0 Å². The minimum Gasteiger partial charge on any atom is -0.455 e. The third kappa shape index (κ3) is 2.57. The van der Waals surface area contributed by atoms with E-state index in [4.69, 9.17) is 14.9 Å². The summed E-state index contributed by atoms with van der Waals surface area (Å²) in [5.41, 5.74) is 5.48. The van der Waals surface area contributed by atoms with E-state index >= 15 is 0 Å². The fourth-order valence-corrected chi connectivity index (χ4v) is 2.18. The minimum atomic E-state index is -0.0725. The predicted octanol–water partition coefficient (Wildman–Crippen LogP) is 1.38. The Balaban J connectivity index is 2.14. The molecule has 2 N–H and O–H groups in total. The van der Waals surface area contributed by atoms with Crippen LogP contribution in [0.1, 0.15) is 36.6 Å². The molecule has 5 nitrogen and oxygen atoms in total. The molecule has 2 atom stereocenters. The van der Waals surface area contributed by atoms with Gasteiger partial charge in [0.05, 0.1) is 25.3 Å². The van der Waals surface area contributed by atoms with Gasteiger partial charge in [0.2, 0.25) is 0 Å². The quantitative estimate of drug-likeness (QED) is 0.882. The second-order valence-corrected chi connectivity index (χ2v) is 4.63. The van der Waals surface area contributed by atoms with Crippen LogP contribution in [0.2, 0.25) is 0 Å².